The number of hydrogen-bond acceptors (Lipinski definition) is 5. The molecule has 0 radical (unpaired) electrons. The summed E-state index contributed by atoms with van der Waals surface area (Å²) < 4.78 is 39.1. The van der Waals surface area contributed by atoms with Crippen molar-refractivity contribution in [2.45, 2.75) is 49.2 Å². The average Bonchev–Trinajstić information content (AvgIpc) is 3.34. The van der Waals surface area contributed by atoms with Crippen LogP contribution < -0.4 is 0 Å². The van der Waals surface area contributed by atoms with Crippen LogP contribution >= 0.6 is 0 Å². The van der Waals surface area contributed by atoms with Crippen LogP contribution in [0.4, 0.5) is 0 Å². The Morgan fingerprint density at radius 1 is 1.10 bits per heavy atom. The number of benzene rings is 1. The number of fused-ring (bicyclic) bond motifs is 1. The monoisotopic (exact) mass is 412 g/mol. The summed E-state index contributed by atoms with van der Waals surface area (Å²) in [6, 6.07) is 10.6. The molecule has 152 valence electrons. The third kappa shape index (κ3) is 3.17. The fourth-order valence-corrected chi connectivity index (χ4v) is 5.93. The Kier molecular flexibility index (Phi) is 4.49. The minimum absolute atomic E-state index is 0.261. The maximum Gasteiger partial charge on any atom is 0.269 e. The molecule has 0 unspecified atom stereocenters. The number of aryl methyl sites for hydroxylation is 1. The van der Waals surface area contributed by atoms with Gasteiger partial charge < -0.3 is 9.47 Å². The topological polar surface area (TPSA) is 70.4 Å². The highest BCUT2D eigenvalue weighted by atomic mass is 32.2. The fourth-order valence-electron chi connectivity index (χ4n) is 4.54. The highest BCUT2D eigenvalue weighted by molar-refractivity contribution is 7.90. The maximum absolute atomic E-state index is 13.1. The van der Waals surface area contributed by atoms with E-state index in [9.17, 15) is 8.42 Å². The van der Waals surface area contributed by atoms with Crippen molar-refractivity contribution in [2.24, 2.45) is 0 Å². The smallest absolute Gasteiger partial charge is 0.269 e. The van der Waals surface area contributed by atoms with Gasteiger partial charge in [0.25, 0.3) is 10.0 Å². The molecule has 1 saturated heterocycles. The van der Waals surface area contributed by atoms with Crippen molar-refractivity contribution in [3.8, 4) is 0 Å². The van der Waals surface area contributed by atoms with E-state index in [0.717, 1.165) is 42.2 Å². The molecule has 0 atom stereocenters. The van der Waals surface area contributed by atoms with Gasteiger partial charge in [-0.2, -0.15) is 0 Å². The first-order valence-electron chi connectivity index (χ1n) is 10.0. The van der Waals surface area contributed by atoms with E-state index in [1.54, 1.807) is 36.5 Å². The summed E-state index contributed by atoms with van der Waals surface area (Å²) in [6.45, 7) is 3.29. The van der Waals surface area contributed by atoms with Gasteiger partial charge in [0, 0.05) is 30.6 Å². The summed E-state index contributed by atoms with van der Waals surface area (Å²) in [5.41, 5.74) is 2.54. The van der Waals surface area contributed by atoms with Crippen molar-refractivity contribution in [3.05, 3.63) is 59.9 Å². The Hall–Kier alpha value is -2.22. The molecule has 1 aliphatic carbocycles. The van der Waals surface area contributed by atoms with Crippen LogP contribution in [0, 0.1) is 6.92 Å². The van der Waals surface area contributed by atoms with Crippen LogP contribution in [0.5, 0.6) is 0 Å². The minimum atomic E-state index is -3.68. The molecule has 1 spiro atoms. The molecular formula is C22H24N2O4S. The lowest BCUT2D eigenvalue weighted by molar-refractivity contribution is -0.178. The summed E-state index contributed by atoms with van der Waals surface area (Å²) >= 11 is 0. The van der Waals surface area contributed by atoms with Crippen molar-refractivity contribution in [3.63, 3.8) is 0 Å². The second-order valence-electron chi connectivity index (χ2n) is 7.95. The van der Waals surface area contributed by atoms with Crippen LogP contribution in [0.15, 0.2) is 53.7 Å². The standard InChI is InChI=1S/C22H24N2O4S/c1-16-15-24(29(25,26)19-5-3-2-4-6-19)21-20(16)13-18(14-23-21)17-7-9-22(10-8-17)27-11-12-28-22/h2-6,13-15,17H,7-12H2,1H3. The molecule has 7 heteroatoms. The quantitative estimate of drug-likeness (QED) is 0.651. The second-order valence-corrected chi connectivity index (χ2v) is 9.76. The van der Waals surface area contributed by atoms with Gasteiger partial charge in [0.2, 0.25) is 0 Å². The molecule has 2 fully saturated rings. The minimum Gasteiger partial charge on any atom is -0.348 e. The van der Waals surface area contributed by atoms with E-state index in [1.807, 2.05) is 13.1 Å². The lowest BCUT2D eigenvalue weighted by Crippen LogP contribution is -2.34. The van der Waals surface area contributed by atoms with Crippen molar-refractivity contribution in [1.82, 2.24) is 8.96 Å². The second kappa shape index (κ2) is 6.93. The Balaban J connectivity index is 1.47. The lowest BCUT2D eigenvalue weighted by Gasteiger charge is -2.35. The predicted molar refractivity (Wildman–Crippen MR) is 109 cm³/mol. The largest absolute Gasteiger partial charge is 0.348 e. The Morgan fingerprint density at radius 2 is 1.79 bits per heavy atom. The van der Waals surface area contributed by atoms with Gasteiger partial charge in [-0.1, -0.05) is 18.2 Å². The van der Waals surface area contributed by atoms with E-state index in [4.69, 9.17) is 9.47 Å². The van der Waals surface area contributed by atoms with Crippen LogP contribution in [-0.2, 0) is 19.5 Å². The van der Waals surface area contributed by atoms with E-state index < -0.39 is 10.0 Å². The molecule has 2 aliphatic rings. The van der Waals surface area contributed by atoms with E-state index in [0.29, 0.717) is 24.8 Å². The van der Waals surface area contributed by atoms with Gasteiger partial charge >= 0.3 is 0 Å². The van der Waals surface area contributed by atoms with Crippen LogP contribution in [0.2, 0.25) is 0 Å². The molecule has 0 amide bonds. The first-order chi connectivity index (χ1) is 14.0. The molecule has 5 rings (SSSR count). The van der Waals surface area contributed by atoms with Crippen molar-refractivity contribution in [2.75, 3.05) is 13.2 Å². The Morgan fingerprint density at radius 3 is 2.48 bits per heavy atom. The zero-order chi connectivity index (χ0) is 20.1. The van der Waals surface area contributed by atoms with Gasteiger partial charge in [-0.15, -0.1) is 0 Å². The molecule has 29 heavy (non-hydrogen) atoms. The zero-order valence-corrected chi connectivity index (χ0v) is 17.2. The molecule has 0 N–H and O–H groups in total. The van der Waals surface area contributed by atoms with Gasteiger partial charge in [0.1, 0.15) is 0 Å². The third-order valence-corrected chi connectivity index (χ3v) is 7.83. The fraction of sp³-hybridized carbons (Fsp3) is 0.409. The number of hydrogen-bond donors (Lipinski definition) is 0. The number of rotatable bonds is 3. The number of nitrogens with zero attached hydrogens (tertiary/aromatic N) is 2. The van der Waals surface area contributed by atoms with Crippen molar-refractivity contribution < 1.29 is 17.9 Å². The van der Waals surface area contributed by atoms with E-state index >= 15 is 0 Å². The number of aromatic nitrogens is 2. The zero-order valence-electron chi connectivity index (χ0n) is 16.4. The number of ether oxygens (including phenoxy) is 2. The van der Waals surface area contributed by atoms with Gasteiger partial charge in [0.05, 0.1) is 18.1 Å². The summed E-state index contributed by atoms with van der Waals surface area (Å²) in [5.74, 6) is 0.00984. The Labute approximate surface area is 170 Å². The van der Waals surface area contributed by atoms with Gasteiger partial charge in [-0.25, -0.2) is 17.4 Å². The van der Waals surface area contributed by atoms with Crippen LogP contribution in [-0.4, -0.2) is 36.4 Å². The average molecular weight is 413 g/mol. The van der Waals surface area contributed by atoms with Crippen LogP contribution in [0.1, 0.15) is 42.7 Å². The van der Waals surface area contributed by atoms with E-state index in [2.05, 4.69) is 11.1 Å². The molecule has 2 aromatic heterocycles. The molecule has 1 aliphatic heterocycles. The SMILES string of the molecule is Cc1cn(S(=O)(=O)c2ccccc2)c2ncc(C3CCC4(CC3)OCCO4)cc12. The summed E-state index contributed by atoms with van der Waals surface area (Å²) in [4.78, 5) is 4.84. The number of pyridine rings is 1. The maximum atomic E-state index is 13.1. The molecular weight excluding hydrogens is 388 g/mol. The van der Waals surface area contributed by atoms with E-state index in [1.165, 1.54) is 3.97 Å². The highest BCUT2D eigenvalue weighted by Crippen LogP contribution is 2.42. The highest BCUT2D eigenvalue weighted by Gasteiger charge is 2.40. The molecule has 3 heterocycles. The van der Waals surface area contributed by atoms with E-state index in [-0.39, 0.29) is 10.7 Å². The molecule has 1 aromatic carbocycles. The van der Waals surface area contributed by atoms with Crippen LogP contribution in [0.3, 0.4) is 0 Å². The third-order valence-electron chi connectivity index (χ3n) is 6.16. The summed E-state index contributed by atoms with van der Waals surface area (Å²) in [7, 11) is -3.68. The van der Waals surface area contributed by atoms with Gasteiger partial charge in [-0.3, -0.25) is 0 Å². The van der Waals surface area contributed by atoms with Crippen molar-refractivity contribution in [1.29, 1.82) is 0 Å². The summed E-state index contributed by atoms with van der Waals surface area (Å²) in [6.07, 6.45) is 7.23. The molecule has 1 saturated carbocycles. The molecule has 3 aromatic rings. The van der Waals surface area contributed by atoms with Crippen molar-refractivity contribution >= 4 is 21.1 Å². The lowest BCUT2D eigenvalue weighted by atomic mass is 9.81. The predicted octanol–water partition coefficient (Wildman–Crippen LogP) is 3.98. The molecule has 0 bridgehead atoms. The first kappa shape index (κ1) is 18.8. The van der Waals surface area contributed by atoms with Gasteiger partial charge in [-0.05, 0) is 55.0 Å². The van der Waals surface area contributed by atoms with Crippen LogP contribution in [0.25, 0.3) is 11.0 Å². The normalized spacial score (nSPS) is 19.9. The molecule has 6 nitrogen and oxygen atoms in total. The Bertz CT molecular complexity index is 1140. The first-order valence-corrected chi connectivity index (χ1v) is 11.5. The summed E-state index contributed by atoms with van der Waals surface area (Å²) in [5, 5.41) is 0.885. The van der Waals surface area contributed by atoms with Gasteiger partial charge in [0.15, 0.2) is 11.4 Å².